The first-order valence-corrected chi connectivity index (χ1v) is 9.96. The lowest BCUT2D eigenvalue weighted by atomic mass is 10.2. The first-order chi connectivity index (χ1) is 10.6. The van der Waals surface area contributed by atoms with E-state index in [0.717, 1.165) is 19.5 Å². The molecule has 1 rings (SSSR count). The molecule has 0 spiro atoms. The van der Waals surface area contributed by atoms with E-state index in [4.69, 9.17) is 4.74 Å². The molecule has 1 amide bonds. The van der Waals surface area contributed by atoms with Gasteiger partial charge in [-0.2, -0.15) is 0 Å². The first kappa shape index (κ1) is 20.2. The summed E-state index contributed by atoms with van der Waals surface area (Å²) in [5.41, 5.74) is -0.481. The summed E-state index contributed by atoms with van der Waals surface area (Å²) in [6.07, 6.45) is 1.27. The Morgan fingerprint density at radius 3 is 2.30 bits per heavy atom. The monoisotopic (exact) mass is 349 g/mol. The van der Waals surface area contributed by atoms with Crippen molar-refractivity contribution in [3.05, 3.63) is 0 Å². The fourth-order valence-corrected chi connectivity index (χ4v) is 3.46. The molecule has 8 heteroatoms. The topological polar surface area (TPSA) is 79.0 Å². The fraction of sp³-hybridized carbons (Fsp3) is 0.933. The van der Waals surface area contributed by atoms with E-state index in [2.05, 4.69) is 9.62 Å². The normalized spacial score (nSPS) is 17.3. The largest absolute Gasteiger partial charge is 0.444 e. The number of hydrogen-bond donors (Lipinski definition) is 1. The van der Waals surface area contributed by atoms with E-state index in [1.54, 1.807) is 4.90 Å². The van der Waals surface area contributed by atoms with Gasteiger partial charge in [0.05, 0.1) is 5.75 Å². The Hall–Kier alpha value is -0.860. The minimum absolute atomic E-state index is 0.190. The van der Waals surface area contributed by atoms with Gasteiger partial charge in [0.25, 0.3) is 0 Å². The van der Waals surface area contributed by atoms with Crippen LogP contribution in [0.15, 0.2) is 0 Å². The summed E-state index contributed by atoms with van der Waals surface area (Å²) in [7, 11) is -3.15. The Labute approximate surface area is 140 Å². The van der Waals surface area contributed by atoms with Crippen molar-refractivity contribution in [2.75, 3.05) is 45.0 Å². The van der Waals surface area contributed by atoms with Gasteiger partial charge >= 0.3 is 6.09 Å². The van der Waals surface area contributed by atoms with Crippen LogP contribution in [0.4, 0.5) is 4.79 Å². The molecule has 7 nitrogen and oxygen atoms in total. The Morgan fingerprint density at radius 1 is 1.17 bits per heavy atom. The molecular formula is C15H31N3O4S. The number of piperazine rings is 1. The number of rotatable bonds is 7. The summed E-state index contributed by atoms with van der Waals surface area (Å²) in [6.45, 7) is 11.3. The second kappa shape index (κ2) is 8.84. The summed E-state index contributed by atoms with van der Waals surface area (Å²) in [5.74, 6) is 0.190. The van der Waals surface area contributed by atoms with Crippen molar-refractivity contribution in [1.29, 1.82) is 0 Å². The third kappa shape index (κ3) is 8.53. The summed E-state index contributed by atoms with van der Waals surface area (Å²) < 4.78 is 31.4. The average Bonchev–Trinajstić information content (AvgIpc) is 2.44. The molecule has 23 heavy (non-hydrogen) atoms. The minimum atomic E-state index is -3.15. The summed E-state index contributed by atoms with van der Waals surface area (Å²) in [5, 5.41) is 0. The maximum absolute atomic E-state index is 12.0. The molecule has 1 N–H and O–H groups in total. The van der Waals surface area contributed by atoms with Crippen LogP contribution >= 0.6 is 0 Å². The number of nitrogens with zero attached hydrogens (tertiary/aromatic N) is 2. The van der Waals surface area contributed by atoms with Crippen molar-refractivity contribution >= 4 is 16.1 Å². The van der Waals surface area contributed by atoms with Gasteiger partial charge in [-0.1, -0.05) is 13.3 Å². The van der Waals surface area contributed by atoms with Crippen molar-refractivity contribution in [3.63, 3.8) is 0 Å². The number of hydrogen-bond acceptors (Lipinski definition) is 5. The molecule has 0 aromatic heterocycles. The number of nitrogens with one attached hydrogen (secondary N) is 1. The highest BCUT2D eigenvalue weighted by Gasteiger charge is 2.25. The first-order valence-electron chi connectivity index (χ1n) is 8.30. The van der Waals surface area contributed by atoms with E-state index in [0.29, 0.717) is 32.6 Å². The molecule has 1 fully saturated rings. The molecule has 0 aliphatic carbocycles. The highest BCUT2D eigenvalue weighted by molar-refractivity contribution is 7.89. The molecule has 1 heterocycles. The molecule has 0 saturated carbocycles. The highest BCUT2D eigenvalue weighted by Crippen LogP contribution is 2.11. The number of carbonyl (C=O) groups is 1. The van der Waals surface area contributed by atoms with Crippen molar-refractivity contribution < 1.29 is 17.9 Å². The van der Waals surface area contributed by atoms with E-state index in [-0.39, 0.29) is 11.8 Å². The van der Waals surface area contributed by atoms with Crippen molar-refractivity contribution in [3.8, 4) is 0 Å². The van der Waals surface area contributed by atoms with Gasteiger partial charge in [0, 0.05) is 39.3 Å². The van der Waals surface area contributed by atoms with Crippen LogP contribution < -0.4 is 4.72 Å². The quantitative estimate of drug-likeness (QED) is 0.748. The van der Waals surface area contributed by atoms with Gasteiger partial charge in [-0.05, 0) is 27.2 Å². The van der Waals surface area contributed by atoms with Crippen LogP contribution in [0.1, 0.15) is 40.5 Å². The average molecular weight is 349 g/mol. The number of amides is 1. The van der Waals surface area contributed by atoms with Crippen LogP contribution in [0.2, 0.25) is 0 Å². The van der Waals surface area contributed by atoms with E-state index in [9.17, 15) is 13.2 Å². The Kier molecular flexibility index (Phi) is 7.76. The third-order valence-electron chi connectivity index (χ3n) is 3.54. The predicted molar refractivity (Wildman–Crippen MR) is 90.9 cm³/mol. The lowest BCUT2D eigenvalue weighted by Crippen LogP contribution is -2.51. The number of unbranched alkanes of at least 4 members (excludes halogenated alkanes) is 1. The molecule has 0 bridgehead atoms. The van der Waals surface area contributed by atoms with Gasteiger partial charge in [-0.3, -0.25) is 4.90 Å². The zero-order valence-corrected chi connectivity index (χ0v) is 15.6. The molecule has 0 aromatic rings. The smallest absolute Gasteiger partial charge is 0.410 e. The maximum Gasteiger partial charge on any atom is 0.410 e. The lowest BCUT2D eigenvalue weighted by molar-refractivity contribution is 0.0147. The fourth-order valence-electron chi connectivity index (χ4n) is 2.25. The zero-order chi connectivity index (χ0) is 17.5. The van der Waals surface area contributed by atoms with Gasteiger partial charge in [-0.15, -0.1) is 0 Å². The number of carbonyl (C=O) groups excluding carboxylic acids is 1. The van der Waals surface area contributed by atoms with Gasteiger partial charge in [-0.25, -0.2) is 17.9 Å². The lowest BCUT2D eigenvalue weighted by Gasteiger charge is -2.35. The molecule has 0 radical (unpaired) electrons. The molecular weight excluding hydrogens is 318 g/mol. The Balaban J connectivity index is 2.25. The maximum atomic E-state index is 12.0. The van der Waals surface area contributed by atoms with Crippen LogP contribution in [-0.4, -0.2) is 74.9 Å². The van der Waals surface area contributed by atoms with E-state index < -0.39 is 15.6 Å². The molecule has 0 unspecified atom stereocenters. The van der Waals surface area contributed by atoms with Crippen molar-refractivity contribution in [2.24, 2.45) is 0 Å². The number of sulfonamides is 1. The second-order valence-electron chi connectivity index (χ2n) is 6.88. The molecule has 1 saturated heterocycles. The molecule has 136 valence electrons. The van der Waals surface area contributed by atoms with Crippen LogP contribution in [0.25, 0.3) is 0 Å². The zero-order valence-electron chi connectivity index (χ0n) is 14.8. The Bertz CT molecular complexity index is 466. The second-order valence-corrected chi connectivity index (χ2v) is 8.80. The minimum Gasteiger partial charge on any atom is -0.444 e. The van der Waals surface area contributed by atoms with Gasteiger partial charge in [0.15, 0.2) is 0 Å². The highest BCUT2D eigenvalue weighted by atomic mass is 32.2. The molecule has 1 aliphatic heterocycles. The molecule has 0 aromatic carbocycles. The van der Waals surface area contributed by atoms with Crippen LogP contribution in [0.3, 0.4) is 0 Å². The van der Waals surface area contributed by atoms with Crippen LogP contribution in [0.5, 0.6) is 0 Å². The molecule has 0 atom stereocenters. The van der Waals surface area contributed by atoms with Crippen molar-refractivity contribution in [2.45, 2.75) is 46.1 Å². The third-order valence-corrected chi connectivity index (χ3v) is 5.01. The summed E-state index contributed by atoms with van der Waals surface area (Å²) in [4.78, 5) is 15.8. The predicted octanol–water partition coefficient (Wildman–Crippen LogP) is 1.26. The van der Waals surface area contributed by atoms with Crippen LogP contribution in [-0.2, 0) is 14.8 Å². The van der Waals surface area contributed by atoms with Crippen LogP contribution in [0, 0.1) is 0 Å². The van der Waals surface area contributed by atoms with E-state index >= 15 is 0 Å². The van der Waals surface area contributed by atoms with Gasteiger partial charge < -0.3 is 9.64 Å². The SMILES string of the molecule is CCCCS(=O)(=O)NCCN1CCN(C(=O)OC(C)(C)C)CC1. The number of ether oxygens (including phenoxy) is 1. The molecule has 1 aliphatic rings. The van der Waals surface area contributed by atoms with E-state index in [1.165, 1.54) is 0 Å². The standard InChI is InChI=1S/C15H31N3O4S/c1-5-6-13-23(20,21)16-7-8-17-9-11-18(12-10-17)14(19)22-15(2,3)4/h16H,5-13H2,1-4H3. The van der Waals surface area contributed by atoms with Gasteiger partial charge in [0.1, 0.15) is 5.60 Å². The van der Waals surface area contributed by atoms with Gasteiger partial charge in [0.2, 0.25) is 10.0 Å². The summed E-state index contributed by atoms with van der Waals surface area (Å²) in [6, 6.07) is 0. The summed E-state index contributed by atoms with van der Waals surface area (Å²) >= 11 is 0. The Morgan fingerprint density at radius 2 is 1.78 bits per heavy atom. The van der Waals surface area contributed by atoms with Crippen molar-refractivity contribution in [1.82, 2.24) is 14.5 Å². The van der Waals surface area contributed by atoms with E-state index in [1.807, 2.05) is 27.7 Å².